The van der Waals surface area contributed by atoms with Gasteiger partial charge in [0.25, 0.3) is 0 Å². The summed E-state index contributed by atoms with van der Waals surface area (Å²) < 4.78 is 32.0. The summed E-state index contributed by atoms with van der Waals surface area (Å²) in [7, 11) is -3.17. The lowest BCUT2D eigenvalue weighted by molar-refractivity contribution is 0.108. The number of rotatable bonds is 5. The van der Waals surface area contributed by atoms with E-state index >= 15 is 0 Å². The molecule has 1 atom stereocenters. The van der Waals surface area contributed by atoms with E-state index in [0.717, 1.165) is 25.9 Å². The number of nitrogens with zero attached hydrogens (tertiary/aromatic N) is 1. The van der Waals surface area contributed by atoms with Gasteiger partial charge in [-0.1, -0.05) is 36.4 Å². The fourth-order valence-electron chi connectivity index (χ4n) is 3.10. The molecule has 0 aromatic heterocycles. The minimum atomic E-state index is -3.17. The topological polar surface area (TPSA) is 46.6 Å². The lowest BCUT2D eigenvalue weighted by Crippen LogP contribution is -2.37. The molecular formula is C17H23NO3S. The first-order chi connectivity index (χ1) is 10.6. The summed E-state index contributed by atoms with van der Waals surface area (Å²) in [4.78, 5) is 0. The molecule has 1 aromatic carbocycles. The highest BCUT2D eigenvalue weighted by molar-refractivity contribution is 7.89. The lowest BCUT2D eigenvalue weighted by Gasteiger charge is -2.26. The van der Waals surface area contributed by atoms with Crippen LogP contribution in [0.2, 0.25) is 0 Å². The summed E-state index contributed by atoms with van der Waals surface area (Å²) in [6.07, 6.45) is 5.63. The fourth-order valence-corrected chi connectivity index (χ4v) is 4.59. The van der Waals surface area contributed by atoms with Crippen molar-refractivity contribution >= 4 is 15.6 Å². The van der Waals surface area contributed by atoms with Crippen LogP contribution in [-0.2, 0) is 14.8 Å². The maximum absolute atomic E-state index is 12.4. The zero-order chi connectivity index (χ0) is 15.4. The van der Waals surface area contributed by atoms with Gasteiger partial charge in [0.15, 0.2) is 0 Å². The van der Waals surface area contributed by atoms with Gasteiger partial charge in [-0.2, -0.15) is 4.31 Å². The summed E-state index contributed by atoms with van der Waals surface area (Å²) in [5.41, 5.74) is 2.44. The summed E-state index contributed by atoms with van der Waals surface area (Å²) >= 11 is 0. The molecule has 4 nitrogen and oxygen atoms in total. The van der Waals surface area contributed by atoms with Gasteiger partial charge in [0.05, 0.1) is 11.9 Å². The van der Waals surface area contributed by atoms with Gasteiger partial charge >= 0.3 is 0 Å². The van der Waals surface area contributed by atoms with E-state index in [9.17, 15) is 8.42 Å². The summed E-state index contributed by atoms with van der Waals surface area (Å²) in [6.45, 7) is 1.84. The first-order valence-electron chi connectivity index (χ1n) is 7.99. The van der Waals surface area contributed by atoms with Crippen molar-refractivity contribution in [3.63, 3.8) is 0 Å². The second-order valence-corrected chi connectivity index (χ2v) is 8.03. The van der Waals surface area contributed by atoms with Crippen LogP contribution >= 0.6 is 0 Å². The summed E-state index contributed by atoms with van der Waals surface area (Å²) in [6, 6.07) is 10.2. The van der Waals surface area contributed by atoms with Gasteiger partial charge in [-0.3, -0.25) is 0 Å². The van der Waals surface area contributed by atoms with Gasteiger partial charge in [-0.25, -0.2) is 8.42 Å². The monoisotopic (exact) mass is 321 g/mol. The molecule has 3 rings (SSSR count). The Hall–Kier alpha value is -1.17. The molecule has 0 amide bonds. The van der Waals surface area contributed by atoms with Gasteiger partial charge in [0, 0.05) is 19.7 Å². The minimum absolute atomic E-state index is 0.134. The highest BCUT2D eigenvalue weighted by Gasteiger charge is 2.26. The predicted octanol–water partition coefficient (Wildman–Crippen LogP) is 2.67. The highest BCUT2D eigenvalue weighted by atomic mass is 32.2. The smallest absolute Gasteiger partial charge is 0.214 e. The van der Waals surface area contributed by atoms with Gasteiger partial charge in [-0.05, 0) is 36.8 Å². The molecule has 120 valence electrons. The molecule has 0 aliphatic carbocycles. The van der Waals surface area contributed by atoms with E-state index in [1.165, 1.54) is 11.1 Å². The number of sulfonamides is 1. The van der Waals surface area contributed by atoms with Crippen LogP contribution in [-0.4, -0.2) is 44.3 Å². The van der Waals surface area contributed by atoms with Crippen LogP contribution in [0, 0.1) is 0 Å². The van der Waals surface area contributed by atoms with Crippen molar-refractivity contribution in [2.75, 3.05) is 25.4 Å². The van der Waals surface area contributed by atoms with Crippen LogP contribution < -0.4 is 0 Å². The molecule has 5 heteroatoms. The van der Waals surface area contributed by atoms with E-state index in [1.54, 1.807) is 4.31 Å². The molecule has 2 aliphatic rings. The van der Waals surface area contributed by atoms with Crippen molar-refractivity contribution in [3.05, 3.63) is 42.0 Å². The van der Waals surface area contributed by atoms with E-state index in [2.05, 4.69) is 12.1 Å². The Kier molecular flexibility index (Phi) is 4.96. The van der Waals surface area contributed by atoms with Crippen LogP contribution in [0.5, 0.6) is 0 Å². The SMILES string of the molecule is O=S(=O)(CC[C@@H]1CCCO1)N1CC=C(c2ccccc2)CC1. The lowest BCUT2D eigenvalue weighted by atomic mass is 10.0. The Morgan fingerprint density at radius 1 is 1.23 bits per heavy atom. The Labute approximate surface area is 132 Å². The molecule has 0 spiro atoms. The van der Waals surface area contributed by atoms with Crippen molar-refractivity contribution in [3.8, 4) is 0 Å². The van der Waals surface area contributed by atoms with Crippen molar-refractivity contribution < 1.29 is 13.2 Å². The molecule has 1 aromatic rings. The zero-order valence-electron chi connectivity index (χ0n) is 12.8. The minimum Gasteiger partial charge on any atom is -0.378 e. The van der Waals surface area contributed by atoms with Gasteiger partial charge in [0.2, 0.25) is 10.0 Å². The first kappa shape index (κ1) is 15.7. The average molecular weight is 321 g/mol. The Morgan fingerprint density at radius 2 is 2.05 bits per heavy atom. The Morgan fingerprint density at radius 3 is 2.68 bits per heavy atom. The molecule has 0 N–H and O–H groups in total. The fraction of sp³-hybridized carbons (Fsp3) is 0.529. The van der Waals surface area contributed by atoms with Crippen LogP contribution in [0.4, 0.5) is 0 Å². The van der Waals surface area contributed by atoms with Crippen molar-refractivity contribution in [1.29, 1.82) is 0 Å². The van der Waals surface area contributed by atoms with Gasteiger partial charge in [0.1, 0.15) is 0 Å². The molecule has 1 saturated heterocycles. The van der Waals surface area contributed by atoms with Crippen LogP contribution in [0.3, 0.4) is 0 Å². The quantitative estimate of drug-likeness (QED) is 0.837. The van der Waals surface area contributed by atoms with Crippen molar-refractivity contribution in [2.45, 2.75) is 31.8 Å². The third-order valence-electron chi connectivity index (χ3n) is 4.43. The Bertz CT molecular complexity index is 619. The maximum Gasteiger partial charge on any atom is 0.214 e. The number of hydrogen-bond donors (Lipinski definition) is 0. The second kappa shape index (κ2) is 6.94. The molecule has 0 radical (unpaired) electrons. The standard InChI is InChI=1S/C17H23NO3S/c19-22(20,14-10-17-7-4-13-21-17)18-11-8-16(9-12-18)15-5-2-1-3-6-15/h1-3,5-6,8,17H,4,7,9-14H2/t17-/m0/s1. The molecule has 2 heterocycles. The normalized spacial score (nSPS) is 23.5. The predicted molar refractivity (Wildman–Crippen MR) is 88.0 cm³/mol. The van der Waals surface area contributed by atoms with E-state index in [4.69, 9.17) is 4.74 Å². The zero-order valence-corrected chi connectivity index (χ0v) is 13.6. The molecule has 1 fully saturated rings. The van der Waals surface area contributed by atoms with Crippen molar-refractivity contribution in [1.82, 2.24) is 4.31 Å². The van der Waals surface area contributed by atoms with E-state index in [0.29, 0.717) is 19.5 Å². The van der Waals surface area contributed by atoms with Gasteiger partial charge < -0.3 is 4.74 Å². The number of hydrogen-bond acceptors (Lipinski definition) is 3. The van der Waals surface area contributed by atoms with Gasteiger partial charge in [-0.15, -0.1) is 0 Å². The van der Waals surface area contributed by atoms with E-state index in [-0.39, 0.29) is 11.9 Å². The summed E-state index contributed by atoms with van der Waals surface area (Å²) in [5.74, 6) is 0.201. The molecule has 2 aliphatic heterocycles. The Balaban J connectivity index is 1.58. The molecule has 0 unspecified atom stereocenters. The van der Waals surface area contributed by atoms with Crippen LogP contribution in [0.25, 0.3) is 5.57 Å². The summed E-state index contributed by atoms with van der Waals surface area (Å²) in [5, 5.41) is 0. The largest absolute Gasteiger partial charge is 0.378 e. The average Bonchev–Trinajstić information content (AvgIpc) is 3.08. The highest BCUT2D eigenvalue weighted by Crippen LogP contribution is 2.24. The van der Waals surface area contributed by atoms with E-state index < -0.39 is 10.0 Å². The molecule has 0 bridgehead atoms. The molecule has 0 saturated carbocycles. The van der Waals surface area contributed by atoms with Crippen LogP contribution in [0.15, 0.2) is 36.4 Å². The van der Waals surface area contributed by atoms with Crippen molar-refractivity contribution in [2.24, 2.45) is 0 Å². The first-order valence-corrected chi connectivity index (χ1v) is 9.60. The number of benzene rings is 1. The molecule has 22 heavy (non-hydrogen) atoms. The van der Waals surface area contributed by atoms with Crippen LogP contribution in [0.1, 0.15) is 31.2 Å². The number of ether oxygens (including phenoxy) is 1. The maximum atomic E-state index is 12.4. The third-order valence-corrected chi connectivity index (χ3v) is 6.30. The van der Waals surface area contributed by atoms with E-state index in [1.807, 2.05) is 24.3 Å². The third kappa shape index (κ3) is 3.77. The molecular weight excluding hydrogens is 298 g/mol. The second-order valence-electron chi connectivity index (χ2n) is 5.94.